The van der Waals surface area contributed by atoms with E-state index in [-0.39, 0.29) is 24.8 Å². The number of rotatable bonds is 5. The second-order valence-corrected chi connectivity index (χ2v) is 7.66. The van der Waals surface area contributed by atoms with E-state index < -0.39 is 0 Å². The second-order valence-electron chi connectivity index (χ2n) is 7.66. The van der Waals surface area contributed by atoms with Gasteiger partial charge in [-0.2, -0.15) is 5.10 Å². The third-order valence-electron chi connectivity index (χ3n) is 5.74. The van der Waals surface area contributed by atoms with E-state index in [1.807, 2.05) is 6.20 Å². The van der Waals surface area contributed by atoms with E-state index in [9.17, 15) is 0 Å². The maximum atomic E-state index is 5.97. The van der Waals surface area contributed by atoms with Crippen LogP contribution in [0.3, 0.4) is 0 Å². The largest absolute Gasteiger partial charge is 0.377 e. The number of nitrogens with one attached hydrogen (secondary N) is 1. The fraction of sp³-hybridized carbons (Fsp3) is 0.632. The van der Waals surface area contributed by atoms with Crippen LogP contribution in [0, 0.1) is 6.92 Å². The topological polar surface area (TPSA) is 93.0 Å². The van der Waals surface area contributed by atoms with Crippen molar-refractivity contribution in [1.29, 1.82) is 0 Å². The zero-order chi connectivity index (χ0) is 18.1. The monoisotopic (exact) mass is 428 g/mol. The SMILES string of the molecule is COCc1nc(C2CC(N)C2)cc(N2CCC(c3[nH]ncc3C)CC2)n1.Cl.Cl. The summed E-state index contributed by atoms with van der Waals surface area (Å²) in [7, 11) is 1.69. The standard InChI is InChI=1S/C19H28N6O.2ClH/c1-12-10-21-24-19(12)13-3-5-25(6-4-13)18-9-16(14-7-15(20)8-14)22-17(23-18)11-26-2;;/h9-10,13-15H,3-8,11,20H2,1-2H3,(H,21,24);2*1H. The van der Waals surface area contributed by atoms with Crippen molar-refractivity contribution in [2.75, 3.05) is 25.1 Å². The predicted molar refractivity (Wildman–Crippen MR) is 115 cm³/mol. The molecule has 0 amide bonds. The van der Waals surface area contributed by atoms with Crippen LogP contribution >= 0.6 is 24.8 Å². The van der Waals surface area contributed by atoms with Crippen LogP contribution in [-0.2, 0) is 11.3 Å². The lowest BCUT2D eigenvalue weighted by atomic mass is 9.78. The Labute approximate surface area is 178 Å². The Morgan fingerprint density at radius 2 is 1.89 bits per heavy atom. The Bertz CT molecular complexity index is 757. The van der Waals surface area contributed by atoms with Gasteiger partial charge in [-0.25, -0.2) is 9.97 Å². The number of methoxy groups -OCH3 is 1. The maximum Gasteiger partial charge on any atom is 0.156 e. The van der Waals surface area contributed by atoms with Crippen LogP contribution < -0.4 is 10.6 Å². The van der Waals surface area contributed by atoms with Crippen LogP contribution in [0.5, 0.6) is 0 Å². The Kier molecular flexibility index (Phi) is 8.07. The third kappa shape index (κ3) is 4.76. The first-order valence-electron chi connectivity index (χ1n) is 9.51. The van der Waals surface area contributed by atoms with Gasteiger partial charge in [0.2, 0.25) is 0 Å². The number of aromatic amines is 1. The number of nitrogens with zero attached hydrogens (tertiary/aromatic N) is 4. The summed E-state index contributed by atoms with van der Waals surface area (Å²) in [4.78, 5) is 11.8. The molecule has 3 N–H and O–H groups in total. The van der Waals surface area contributed by atoms with E-state index in [4.69, 9.17) is 20.4 Å². The normalized spacial score (nSPS) is 22.2. The van der Waals surface area contributed by atoms with Gasteiger partial charge in [-0.3, -0.25) is 5.10 Å². The Morgan fingerprint density at radius 3 is 2.46 bits per heavy atom. The highest BCUT2D eigenvalue weighted by Crippen LogP contribution is 2.36. The van der Waals surface area contributed by atoms with Gasteiger partial charge in [-0.15, -0.1) is 24.8 Å². The number of aromatic nitrogens is 4. The highest BCUT2D eigenvalue weighted by Gasteiger charge is 2.30. The second kappa shape index (κ2) is 9.87. The van der Waals surface area contributed by atoms with Crippen molar-refractivity contribution < 1.29 is 4.74 Å². The number of halogens is 2. The van der Waals surface area contributed by atoms with Gasteiger partial charge in [0, 0.05) is 55.5 Å². The van der Waals surface area contributed by atoms with E-state index in [1.54, 1.807) is 7.11 Å². The molecular formula is C19H30Cl2N6O. The first-order valence-corrected chi connectivity index (χ1v) is 9.51. The molecule has 9 heteroatoms. The van der Waals surface area contributed by atoms with Gasteiger partial charge in [0.1, 0.15) is 12.4 Å². The molecule has 156 valence electrons. The summed E-state index contributed by atoms with van der Waals surface area (Å²) in [5, 5.41) is 7.35. The highest BCUT2D eigenvalue weighted by molar-refractivity contribution is 5.85. The number of anilines is 1. The molecule has 0 bridgehead atoms. The molecule has 2 aliphatic rings. The molecule has 3 heterocycles. The summed E-state index contributed by atoms with van der Waals surface area (Å²) in [6.45, 7) is 4.57. The van der Waals surface area contributed by atoms with E-state index in [0.717, 1.165) is 56.1 Å². The number of H-pyrrole nitrogens is 1. The fourth-order valence-electron chi connectivity index (χ4n) is 4.14. The minimum absolute atomic E-state index is 0. The van der Waals surface area contributed by atoms with Crippen molar-refractivity contribution in [3.05, 3.63) is 35.0 Å². The molecule has 0 radical (unpaired) electrons. The zero-order valence-electron chi connectivity index (χ0n) is 16.4. The van der Waals surface area contributed by atoms with Gasteiger partial charge in [0.05, 0.1) is 6.20 Å². The molecule has 4 rings (SSSR count). The number of nitrogens with two attached hydrogens (primary N) is 1. The van der Waals surface area contributed by atoms with Crippen LogP contribution in [0.15, 0.2) is 12.3 Å². The quantitative estimate of drug-likeness (QED) is 0.759. The molecule has 1 saturated heterocycles. The summed E-state index contributed by atoms with van der Waals surface area (Å²) >= 11 is 0. The van der Waals surface area contributed by atoms with Crippen LogP contribution in [0.25, 0.3) is 0 Å². The molecule has 2 aromatic rings. The summed E-state index contributed by atoms with van der Waals surface area (Å²) in [5.41, 5.74) is 9.64. The molecule has 0 atom stereocenters. The number of ether oxygens (including phenoxy) is 1. The Balaban J connectivity index is 0.00000140. The van der Waals surface area contributed by atoms with Gasteiger partial charge in [0.25, 0.3) is 0 Å². The van der Waals surface area contributed by atoms with Crippen molar-refractivity contribution in [1.82, 2.24) is 20.2 Å². The zero-order valence-corrected chi connectivity index (χ0v) is 18.1. The molecule has 1 saturated carbocycles. The fourth-order valence-corrected chi connectivity index (χ4v) is 4.14. The van der Waals surface area contributed by atoms with Gasteiger partial charge >= 0.3 is 0 Å². The van der Waals surface area contributed by atoms with Gasteiger partial charge in [0.15, 0.2) is 5.82 Å². The molecule has 0 aromatic carbocycles. The van der Waals surface area contributed by atoms with Crippen LogP contribution in [-0.4, -0.2) is 46.4 Å². The first kappa shape index (κ1) is 22.9. The van der Waals surface area contributed by atoms with Crippen LogP contribution in [0.2, 0.25) is 0 Å². The Hall–Kier alpha value is -1.41. The summed E-state index contributed by atoms with van der Waals surface area (Å²) in [6.07, 6.45) is 6.17. The minimum atomic E-state index is 0. The predicted octanol–water partition coefficient (Wildman–Crippen LogP) is 3.09. The van der Waals surface area contributed by atoms with E-state index in [0.29, 0.717) is 24.5 Å². The molecule has 28 heavy (non-hydrogen) atoms. The third-order valence-corrected chi connectivity index (χ3v) is 5.74. The van der Waals surface area contributed by atoms with Gasteiger partial charge < -0.3 is 15.4 Å². The van der Waals surface area contributed by atoms with Gasteiger partial charge in [-0.05, 0) is 38.2 Å². The molecule has 7 nitrogen and oxygen atoms in total. The van der Waals surface area contributed by atoms with E-state index in [2.05, 4.69) is 28.1 Å². The van der Waals surface area contributed by atoms with E-state index in [1.165, 1.54) is 11.3 Å². The molecular weight excluding hydrogens is 399 g/mol. The van der Waals surface area contributed by atoms with E-state index >= 15 is 0 Å². The highest BCUT2D eigenvalue weighted by atomic mass is 35.5. The summed E-state index contributed by atoms with van der Waals surface area (Å²) in [5.74, 6) is 2.82. The smallest absolute Gasteiger partial charge is 0.156 e. The lowest BCUT2D eigenvalue weighted by molar-refractivity contribution is 0.177. The number of hydrogen-bond donors (Lipinski definition) is 2. The number of piperidine rings is 1. The number of aryl methyl sites for hydroxylation is 1. The lowest BCUT2D eigenvalue weighted by Crippen LogP contribution is -2.36. The molecule has 1 aliphatic carbocycles. The molecule has 2 fully saturated rings. The van der Waals surface area contributed by atoms with Crippen molar-refractivity contribution in [2.24, 2.45) is 5.73 Å². The molecule has 1 aliphatic heterocycles. The lowest BCUT2D eigenvalue weighted by Gasteiger charge is -2.35. The molecule has 0 spiro atoms. The van der Waals surface area contributed by atoms with Crippen molar-refractivity contribution in [2.45, 2.75) is 57.1 Å². The number of hydrogen-bond acceptors (Lipinski definition) is 6. The Morgan fingerprint density at radius 1 is 1.18 bits per heavy atom. The average Bonchev–Trinajstić information content (AvgIpc) is 3.05. The van der Waals surface area contributed by atoms with Gasteiger partial charge in [-0.1, -0.05) is 0 Å². The van der Waals surface area contributed by atoms with Crippen molar-refractivity contribution in [3.63, 3.8) is 0 Å². The first-order chi connectivity index (χ1) is 12.6. The maximum absolute atomic E-state index is 5.97. The molecule has 2 aromatic heterocycles. The van der Waals surface area contributed by atoms with Crippen molar-refractivity contribution in [3.8, 4) is 0 Å². The minimum Gasteiger partial charge on any atom is -0.377 e. The summed E-state index contributed by atoms with van der Waals surface area (Å²) < 4.78 is 5.28. The van der Waals surface area contributed by atoms with Crippen LogP contribution in [0.1, 0.15) is 60.3 Å². The van der Waals surface area contributed by atoms with Crippen LogP contribution in [0.4, 0.5) is 5.82 Å². The van der Waals surface area contributed by atoms with Crippen molar-refractivity contribution >= 4 is 30.6 Å². The average molecular weight is 429 g/mol. The molecule has 0 unspecified atom stereocenters. The summed E-state index contributed by atoms with van der Waals surface area (Å²) in [6, 6.07) is 2.48.